The average Bonchev–Trinajstić information content (AvgIpc) is 3.44. The van der Waals surface area contributed by atoms with E-state index >= 15 is 0 Å². The van der Waals surface area contributed by atoms with E-state index in [-0.39, 0.29) is 35.6 Å². The smallest absolute Gasteiger partial charge is 0.291 e. The number of fused-ring (bicyclic) bond motifs is 1. The molecule has 2 heterocycles. The average molecular weight is 544 g/mol. The molecule has 0 bridgehead atoms. The highest BCUT2D eigenvalue weighted by molar-refractivity contribution is 14.0. The van der Waals surface area contributed by atoms with Crippen LogP contribution in [0.1, 0.15) is 27.4 Å². The number of hydrogen-bond acceptors (Lipinski definition) is 4. The van der Waals surface area contributed by atoms with Gasteiger partial charge in [-0.15, -0.1) is 24.0 Å². The van der Waals surface area contributed by atoms with Gasteiger partial charge in [-0.25, -0.2) is 0 Å². The third-order valence-electron chi connectivity index (χ3n) is 5.00. The Labute approximate surface area is 203 Å². The predicted octanol–water partition coefficient (Wildman–Crippen LogP) is 5.07. The zero-order chi connectivity index (χ0) is 21.6. The summed E-state index contributed by atoms with van der Waals surface area (Å²) >= 11 is 0. The topological polar surface area (TPSA) is 91.8 Å². The maximum atomic E-state index is 12.0. The third-order valence-corrected chi connectivity index (χ3v) is 5.00. The van der Waals surface area contributed by atoms with Crippen LogP contribution in [0.25, 0.3) is 11.0 Å². The molecule has 0 aliphatic rings. The van der Waals surface area contributed by atoms with Gasteiger partial charge in [0.1, 0.15) is 11.3 Å². The van der Waals surface area contributed by atoms with Gasteiger partial charge in [0, 0.05) is 30.2 Å². The van der Waals surface area contributed by atoms with E-state index in [1.54, 1.807) is 19.2 Å². The molecular weight excluding hydrogens is 519 g/mol. The van der Waals surface area contributed by atoms with Crippen molar-refractivity contribution in [3.05, 3.63) is 89.6 Å². The van der Waals surface area contributed by atoms with Crippen LogP contribution in [0.4, 0.5) is 5.69 Å². The maximum Gasteiger partial charge on any atom is 0.291 e. The van der Waals surface area contributed by atoms with E-state index in [1.807, 2.05) is 42.5 Å². The van der Waals surface area contributed by atoms with E-state index in [2.05, 4.69) is 33.9 Å². The number of amides is 1. The fourth-order valence-electron chi connectivity index (χ4n) is 3.27. The Bertz CT molecular complexity index is 1200. The lowest BCUT2D eigenvalue weighted by Gasteiger charge is -2.12. The highest BCUT2D eigenvalue weighted by atomic mass is 127. The van der Waals surface area contributed by atoms with Crippen LogP contribution < -0.4 is 16.0 Å². The molecule has 8 heteroatoms. The normalized spacial score (nSPS) is 11.1. The summed E-state index contributed by atoms with van der Waals surface area (Å²) in [5.41, 5.74) is 3.77. The monoisotopic (exact) mass is 544 g/mol. The van der Waals surface area contributed by atoms with Crippen molar-refractivity contribution in [2.45, 2.75) is 20.0 Å². The Morgan fingerprint density at radius 2 is 1.72 bits per heavy atom. The quantitative estimate of drug-likeness (QED) is 0.179. The number of halogens is 1. The van der Waals surface area contributed by atoms with Gasteiger partial charge in [-0.1, -0.05) is 30.3 Å². The highest BCUT2D eigenvalue weighted by Crippen LogP contribution is 2.24. The lowest BCUT2D eigenvalue weighted by Crippen LogP contribution is -2.36. The van der Waals surface area contributed by atoms with E-state index in [0.29, 0.717) is 24.7 Å². The molecule has 2 aromatic heterocycles. The summed E-state index contributed by atoms with van der Waals surface area (Å²) in [6.45, 7) is 3.19. The summed E-state index contributed by atoms with van der Waals surface area (Å²) in [5, 5.41) is 10.5. The number of guanidine groups is 1. The highest BCUT2D eigenvalue weighted by Gasteiger charge is 2.11. The Kier molecular flexibility index (Phi) is 7.93. The molecule has 2 aromatic carbocycles. The molecule has 0 radical (unpaired) electrons. The zero-order valence-corrected chi connectivity index (χ0v) is 20.2. The number of carbonyl (C=O) groups excluding carboxylic acids is 1. The number of hydrogen-bond donors (Lipinski definition) is 3. The van der Waals surface area contributed by atoms with Gasteiger partial charge < -0.3 is 24.8 Å². The van der Waals surface area contributed by atoms with Crippen molar-refractivity contribution in [2.75, 3.05) is 12.4 Å². The Balaban J connectivity index is 0.00000289. The van der Waals surface area contributed by atoms with Crippen molar-refractivity contribution >= 4 is 52.5 Å². The van der Waals surface area contributed by atoms with E-state index in [4.69, 9.17) is 8.83 Å². The summed E-state index contributed by atoms with van der Waals surface area (Å²) in [7, 11) is 1.73. The number of rotatable bonds is 6. The van der Waals surface area contributed by atoms with E-state index in [1.165, 1.54) is 6.26 Å². The fourth-order valence-corrected chi connectivity index (χ4v) is 3.27. The molecule has 7 nitrogen and oxygen atoms in total. The molecule has 4 rings (SSSR count). The molecule has 0 saturated carbocycles. The van der Waals surface area contributed by atoms with Crippen molar-refractivity contribution in [1.82, 2.24) is 10.6 Å². The summed E-state index contributed by atoms with van der Waals surface area (Å²) in [6.07, 6.45) is 1.47. The molecule has 3 N–H and O–H groups in total. The first-order valence-corrected chi connectivity index (χ1v) is 9.99. The molecule has 0 fully saturated rings. The van der Waals surface area contributed by atoms with Crippen molar-refractivity contribution in [3.63, 3.8) is 0 Å². The number of aryl methyl sites for hydroxylation is 1. The molecule has 0 saturated heterocycles. The number of anilines is 1. The number of benzene rings is 2. The van der Waals surface area contributed by atoms with Crippen LogP contribution >= 0.6 is 24.0 Å². The van der Waals surface area contributed by atoms with Crippen LogP contribution in [-0.4, -0.2) is 18.9 Å². The van der Waals surface area contributed by atoms with Gasteiger partial charge in [0.15, 0.2) is 11.7 Å². The van der Waals surface area contributed by atoms with Crippen molar-refractivity contribution < 1.29 is 13.6 Å². The minimum absolute atomic E-state index is 0. The van der Waals surface area contributed by atoms with Gasteiger partial charge >= 0.3 is 0 Å². The maximum absolute atomic E-state index is 12.0. The Morgan fingerprint density at radius 1 is 0.969 bits per heavy atom. The van der Waals surface area contributed by atoms with Gasteiger partial charge in [0.2, 0.25) is 0 Å². The second kappa shape index (κ2) is 10.9. The van der Waals surface area contributed by atoms with Crippen molar-refractivity contribution in [3.8, 4) is 0 Å². The number of carbonyl (C=O) groups is 1. The molecule has 1 amide bonds. The molecule has 0 atom stereocenters. The van der Waals surface area contributed by atoms with E-state index in [0.717, 1.165) is 27.9 Å². The first-order valence-electron chi connectivity index (χ1n) is 9.99. The Morgan fingerprint density at radius 3 is 2.41 bits per heavy atom. The summed E-state index contributed by atoms with van der Waals surface area (Å²) in [6, 6.07) is 18.9. The molecule has 32 heavy (non-hydrogen) atoms. The summed E-state index contributed by atoms with van der Waals surface area (Å²) in [5.74, 6) is 1.57. The largest absolute Gasteiger partial charge is 0.459 e. The summed E-state index contributed by atoms with van der Waals surface area (Å²) < 4.78 is 11.0. The lowest BCUT2D eigenvalue weighted by molar-refractivity contribution is 0.0996. The summed E-state index contributed by atoms with van der Waals surface area (Å²) in [4.78, 5) is 16.3. The van der Waals surface area contributed by atoms with Crippen LogP contribution in [-0.2, 0) is 13.1 Å². The number of nitrogens with zero attached hydrogens (tertiary/aromatic N) is 1. The van der Waals surface area contributed by atoms with Crippen LogP contribution in [0, 0.1) is 6.92 Å². The van der Waals surface area contributed by atoms with Crippen LogP contribution in [0.5, 0.6) is 0 Å². The fraction of sp³-hybridized carbons (Fsp3) is 0.167. The first kappa shape index (κ1) is 23.4. The van der Waals surface area contributed by atoms with E-state index in [9.17, 15) is 4.79 Å². The minimum atomic E-state index is -0.277. The molecule has 166 valence electrons. The first-order chi connectivity index (χ1) is 15.1. The number of para-hydroxylation sites is 1. The number of nitrogens with one attached hydrogen (secondary N) is 3. The number of furan rings is 2. The van der Waals surface area contributed by atoms with Crippen LogP contribution in [0.3, 0.4) is 0 Å². The molecule has 0 aliphatic heterocycles. The van der Waals surface area contributed by atoms with Crippen LogP contribution in [0.2, 0.25) is 0 Å². The van der Waals surface area contributed by atoms with Gasteiger partial charge in [0.05, 0.1) is 12.8 Å². The second-order valence-electron chi connectivity index (χ2n) is 7.05. The predicted molar refractivity (Wildman–Crippen MR) is 137 cm³/mol. The molecular formula is C24H25IN4O3. The van der Waals surface area contributed by atoms with Gasteiger partial charge in [-0.2, -0.15) is 0 Å². The minimum Gasteiger partial charge on any atom is -0.459 e. The molecule has 4 aromatic rings. The van der Waals surface area contributed by atoms with Crippen molar-refractivity contribution in [1.29, 1.82) is 0 Å². The Hall–Kier alpha value is -3.27. The molecule has 0 spiro atoms. The standard InChI is InChI=1S/C24H24N4O3.HI/c1-16-19-6-3-4-7-20(19)31-22(16)15-27-24(25-2)26-14-17-9-11-18(12-10-17)28-23(29)21-8-5-13-30-21;/h3-13H,14-15H2,1-2H3,(H,28,29)(H2,25,26,27);1H. The van der Waals surface area contributed by atoms with E-state index < -0.39 is 0 Å². The zero-order valence-electron chi connectivity index (χ0n) is 17.8. The van der Waals surface area contributed by atoms with Gasteiger partial charge in [-0.3, -0.25) is 9.79 Å². The SMILES string of the molecule is CN=C(NCc1ccc(NC(=O)c2ccco2)cc1)NCc1oc2ccccc2c1C.I. The molecule has 0 unspecified atom stereocenters. The third kappa shape index (κ3) is 5.50. The van der Waals surface area contributed by atoms with Gasteiger partial charge in [-0.05, 0) is 42.8 Å². The number of aliphatic imine (C=N–C) groups is 1. The lowest BCUT2D eigenvalue weighted by atomic mass is 10.1. The second-order valence-corrected chi connectivity index (χ2v) is 7.05. The van der Waals surface area contributed by atoms with Crippen LogP contribution in [0.15, 0.2) is 80.8 Å². The van der Waals surface area contributed by atoms with Gasteiger partial charge in [0.25, 0.3) is 5.91 Å². The van der Waals surface area contributed by atoms with Crippen molar-refractivity contribution in [2.24, 2.45) is 4.99 Å². The molecule has 0 aliphatic carbocycles.